The van der Waals surface area contributed by atoms with E-state index >= 15 is 0 Å². The molecule has 2 fully saturated rings. The van der Waals surface area contributed by atoms with E-state index < -0.39 is 0 Å². The van der Waals surface area contributed by atoms with Crippen molar-refractivity contribution in [1.82, 2.24) is 10.6 Å². The number of carbonyl (C=O) groups excluding carboxylic acids is 1. The molecule has 3 nitrogen and oxygen atoms in total. The lowest BCUT2D eigenvalue weighted by Crippen LogP contribution is -2.53. The Morgan fingerprint density at radius 2 is 2.05 bits per heavy atom. The maximum absolute atomic E-state index is 12.4. The molecule has 1 saturated heterocycles. The molecule has 1 aliphatic heterocycles. The monoisotopic (exact) mass is 266 g/mol. The zero-order valence-electron chi connectivity index (χ0n) is 12.5. The number of rotatable bonds is 6. The summed E-state index contributed by atoms with van der Waals surface area (Å²) in [7, 11) is 0. The molecule has 2 rings (SSSR count). The molecule has 2 aliphatic rings. The predicted molar refractivity (Wildman–Crippen MR) is 79.1 cm³/mol. The molecule has 0 aromatic carbocycles. The smallest absolute Gasteiger partial charge is 0.240 e. The first-order chi connectivity index (χ1) is 9.27. The van der Waals surface area contributed by atoms with Crippen LogP contribution in [0.2, 0.25) is 0 Å². The van der Waals surface area contributed by atoms with Crippen molar-refractivity contribution < 1.29 is 4.79 Å². The van der Waals surface area contributed by atoms with Gasteiger partial charge in [-0.2, -0.15) is 0 Å². The number of carbonyl (C=O) groups is 1. The minimum absolute atomic E-state index is 0.249. The second-order valence-corrected chi connectivity index (χ2v) is 6.41. The van der Waals surface area contributed by atoms with Crippen LogP contribution in [0, 0.1) is 5.92 Å². The number of hydrogen-bond donors (Lipinski definition) is 2. The van der Waals surface area contributed by atoms with E-state index in [9.17, 15) is 4.79 Å². The van der Waals surface area contributed by atoms with Gasteiger partial charge in [0.25, 0.3) is 0 Å². The summed E-state index contributed by atoms with van der Waals surface area (Å²) in [4.78, 5) is 12.4. The van der Waals surface area contributed by atoms with Crippen LogP contribution < -0.4 is 10.6 Å². The van der Waals surface area contributed by atoms with Gasteiger partial charge in [0.1, 0.15) is 0 Å². The van der Waals surface area contributed by atoms with Crippen LogP contribution >= 0.6 is 0 Å². The normalized spacial score (nSPS) is 28.5. The molecule has 1 heterocycles. The molecule has 110 valence electrons. The Kier molecular flexibility index (Phi) is 5.68. The highest BCUT2D eigenvalue weighted by Gasteiger charge is 2.39. The molecule has 0 spiro atoms. The quantitative estimate of drug-likeness (QED) is 0.776. The van der Waals surface area contributed by atoms with Crippen LogP contribution in [0.4, 0.5) is 0 Å². The molecule has 1 unspecified atom stereocenters. The lowest BCUT2D eigenvalue weighted by molar-refractivity contribution is -0.127. The average Bonchev–Trinajstić information content (AvgIpc) is 2.90. The van der Waals surface area contributed by atoms with Gasteiger partial charge in [-0.15, -0.1) is 0 Å². The van der Waals surface area contributed by atoms with Crippen molar-refractivity contribution in [2.45, 2.75) is 76.7 Å². The third-order valence-corrected chi connectivity index (χ3v) is 4.92. The van der Waals surface area contributed by atoms with E-state index in [2.05, 4.69) is 17.6 Å². The van der Waals surface area contributed by atoms with Gasteiger partial charge < -0.3 is 10.6 Å². The van der Waals surface area contributed by atoms with Crippen molar-refractivity contribution in [3.8, 4) is 0 Å². The SMILES string of the molecule is CCCC1(C(=O)NCCC2CCCCC2)CCCN1. The molecule has 1 saturated carbocycles. The van der Waals surface area contributed by atoms with E-state index in [0.29, 0.717) is 0 Å². The van der Waals surface area contributed by atoms with E-state index in [1.54, 1.807) is 0 Å². The van der Waals surface area contributed by atoms with Gasteiger partial charge >= 0.3 is 0 Å². The summed E-state index contributed by atoms with van der Waals surface area (Å²) in [6.07, 6.45) is 12.3. The van der Waals surface area contributed by atoms with Crippen LogP contribution in [0.3, 0.4) is 0 Å². The maximum Gasteiger partial charge on any atom is 0.240 e. The van der Waals surface area contributed by atoms with E-state index in [4.69, 9.17) is 0 Å². The lowest BCUT2D eigenvalue weighted by Gasteiger charge is -2.28. The molecule has 1 atom stereocenters. The molecule has 2 N–H and O–H groups in total. The second kappa shape index (κ2) is 7.28. The Morgan fingerprint density at radius 3 is 2.68 bits per heavy atom. The van der Waals surface area contributed by atoms with Gasteiger partial charge in [-0.25, -0.2) is 0 Å². The second-order valence-electron chi connectivity index (χ2n) is 6.41. The molecule has 1 aliphatic carbocycles. The Balaban J connectivity index is 1.73. The molecule has 3 heteroatoms. The topological polar surface area (TPSA) is 41.1 Å². The maximum atomic E-state index is 12.4. The molecular formula is C16H30N2O. The van der Waals surface area contributed by atoms with E-state index in [0.717, 1.165) is 44.7 Å². The minimum Gasteiger partial charge on any atom is -0.354 e. The lowest BCUT2D eigenvalue weighted by atomic mass is 9.86. The molecule has 0 bridgehead atoms. The Bertz CT molecular complexity index is 278. The average molecular weight is 266 g/mol. The third kappa shape index (κ3) is 3.95. The number of amides is 1. The summed E-state index contributed by atoms with van der Waals surface area (Å²) < 4.78 is 0. The summed E-state index contributed by atoms with van der Waals surface area (Å²) in [5.74, 6) is 1.11. The first kappa shape index (κ1) is 14.8. The summed E-state index contributed by atoms with van der Waals surface area (Å²) in [5, 5.41) is 6.64. The first-order valence-corrected chi connectivity index (χ1v) is 8.30. The molecule has 1 amide bonds. The van der Waals surface area contributed by atoms with Crippen LogP contribution in [-0.2, 0) is 4.79 Å². The van der Waals surface area contributed by atoms with Crippen LogP contribution in [-0.4, -0.2) is 24.5 Å². The standard InChI is InChI=1S/C16H30N2O/c1-2-10-16(11-6-12-18-16)15(19)17-13-9-14-7-4-3-5-8-14/h14,18H,2-13H2,1H3,(H,17,19). The van der Waals surface area contributed by atoms with E-state index in [1.807, 2.05) is 0 Å². The Morgan fingerprint density at radius 1 is 1.26 bits per heavy atom. The van der Waals surface area contributed by atoms with Gasteiger partial charge in [0, 0.05) is 6.54 Å². The molecule has 19 heavy (non-hydrogen) atoms. The van der Waals surface area contributed by atoms with Gasteiger partial charge in [0.05, 0.1) is 5.54 Å². The van der Waals surface area contributed by atoms with E-state index in [-0.39, 0.29) is 11.4 Å². The van der Waals surface area contributed by atoms with Gasteiger partial charge in [0.15, 0.2) is 0 Å². The molecule has 0 radical (unpaired) electrons. The zero-order valence-corrected chi connectivity index (χ0v) is 12.5. The van der Waals surface area contributed by atoms with E-state index in [1.165, 1.54) is 38.5 Å². The highest BCUT2D eigenvalue weighted by molar-refractivity contribution is 5.86. The van der Waals surface area contributed by atoms with Crippen molar-refractivity contribution in [1.29, 1.82) is 0 Å². The van der Waals surface area contributed by atoms with Crippen molar-refractivity contribution in [2.75, 3.05) is 13.1 Å². The number of hydrogen-bond acceptors (Lipinski definition) is 2. The third-order valence-electron chi connectivity index (χ3n) is 4.92. The largest absolute Gasteiger partial charge is 0.354 e. The van der Waals surface area contributed by atoms with Gasteiger partial charge in [-0.1, -0.05) is 45.4 Å². The summed E-state index contributed by atoms with van der Waals surface area (Å²) >= 11 is 0. The molecule has 0 aromatic rings. The van der Waals surface area contributed by atoms with Crippen LogP contribution in [0.5, 0.6) is 0 Å². The van der Waals surface area contributed by atoms with Gasteiger partial charge in [0.2, 0.25) is 5.91 Å². The zero-order chi connectivity index (χ0) is 13.6. The fourth-order valence-electron chi connectivity index (χ4n) is 3.79. The fourth-order valence-corrected chi connectivity index (χ4v) is 3.79. The van der Waals surface area contributed by atoms with Crippen LogP contribution in [0.25, 0.3) is 0 Å². The van der Waals surface area contributed by atoms with Gasteiger partial charge in [-0.3, -0.25) is 4.79 Å². The van der Waals surface area contributed by atoms with Crippen LogP contribution in [0.15, 0.2) is 0 Å². The molecule has 0 aromatic heterocycles. The van der Waals surface area contributed by atoms with Gasteiger partial charge in [-0.05, 0) is 38.1 Å². The number of nitrogens with one attached hydrogen (secondary N) is 2. The van der Waals surface area contributed by atoms with Crippen molar-refractivity contribution in [2.24, 2.45) is 5.92 Å². The highest BCUT2D eigenvalue weighted by Crippen LogP contribution is 2.27. The predicted octanol–water partition coefficient (Wildman–Crippen LogP) is 3.00. The van der Waals surface area contributed by atoms with Crippen molar-refractivity contribution in [3.05, 3.63) is 0 Å². The summed E-state index contributed by atoms with van der Waals surface area (Å²) in [6, 6.07) is 0. The minimum atomic E-state index is -0.249. The Hall–Kier alpha value is -0.570. The molecular weight excluding hydrogens is 236 g/mol. The highest BCUT2D eigenvalue weighted by atomic mass is 16.2. The van der Waals surface area contributed by atoms with Crippen LogP contribution in [0.1, 0.15) is 71.1 Å². The van der Waals surface area contributed by atoms with Crippen molar-refractivity contribution in [3.63, 3.8) is 0 Å². The van der Waals surface area contributed by atoms with Crippen molar-refractivity contribution >= 4 is 5.91 Å². The summed E-state index contributed by atoms with van der Waals surface area (Å²) in [6.45, 7) is 4.03. The summed E-state index contributed by atoms with van der Waals surface area (Å²) in [5.41, 5.74) is -0.249. The fraction of sp³-hybridized carbons (Fsp3) is 0.938. The first-order valence-electron chi connectivity index (χ1n) is 8.30. The Labute approximate surface area is 117 Å².